The molecule has 2 heterocycles. The van der Waals surface area contributed by atoms with Gasteiger partial charge in [0.15, 0.2) is 6.54 Å². The fourth-order valence-electron chi connectivity index (χ4n) is 3.06. The number of carbonyl (C=O) groups excluding carboxylic acids is 1. The number of thioether (sulfide) groups is 3. The smallest absolute Gasteiger partial charge is 0.427 e. The first-order valence-corrected chi connectivity index (χ1v) is 14.3. The lowest BCUT2D eigenvalue weighted by atomic mass is 10.2. The number of hydrogen-bond acceptors (Lipinski definition) is 8. The predicted octanol–water partition coefficient (Wildman–Crippen LogP) is 4.88. The Bertz CT molecular complexity index is 1250. The van der Waals surface area contributed by atoms with E-state index in [2.05, 4.69) is 30.1 Å². The van der Waals surface area contributed by atoms with Gasteiger partial charge in [-0.05, 0) is 68.3 Å². The number of anilines is 1. The monoisotopic (exact) mass is 520 g/mol. The largest absolute Gasteiger partial charge is 0.744 e. The van der Waals surface area contributed by atoms with E-state index in [1.54, 1.807) is 47.4 Å². The number of likely N-dealkylation sites (N-methyl/N-ethyl adjacent to an activating group) is 1. The Morgan fingerprint density at radius 3 is 2.30 bits per heavy atom. The third-order valence-corrected chi connectivity index (χ3v) is 9.10. The van der Waals surface area contributed by atoms with E-state index in [0.29, 0.717) is 0 Å². The first-order valence-electron chi connectivity index (χ1n) is 10.0. The molecule has 0 atom stereocenters. The minimum Gasteiger partial charge on any atom is -0.744 e. The second-order valence-electron chi connectivity index (χ2n) is 7.05. The maximum absolute atomic E-state index is 12.4. The number of hydrogen-bond donors (Lipinski definition) is 0. The maximum Gasteiger partial charge on any atom is 0.427 e. The van der Waals surface area contributed by atoms with Crippen LogP contribution in [0.4, 0.5) is 5.69 Å². The predicted molar refractivity (Wildman–Crippen MR) is 138 cm³/mol. The normalized spacial score (nSPS) is 18.1. The lowest BCUT2D eigenvalue weighted by molar-refractivity contribution is -0.433. The molecule has 0 saturated carbocycles. The number of nitrogens with zero attached hydrogens (tertiary/aromatic N) is 2. The van der Waals surface area contributed by atoms with Crippen LogP contribution in [0.25, 0.3) is 0 Å². The summed E-state index contributed by atoms with van der Waals surface area (Å²) < 4.78 is 34.1. The molecule has 0 N–H and O–H groups in total. The summed E-state index contributed by atoms with van der Waals surface area (Å²) in [6.45, 7) is 4.55. The molecule has 10 heteroatoms. The summed E-state index contributed by atoms with van der Waals surface area (Å²) >= 11 is 4.93. The number of carbonyl (C=O) groups is 1. The van der Waals surface area contributed by atoms with Crippen molar-refractivity contribution in [3.05, 3.63) is 76.2 Å². The summed E-state index contributed by atoms with van der Waals surface area (Å²) in [6, 6.07) is 14.1. The Balaban J connectivity index is 0.000000235. The van der Waals surface area contributed by atoms with Crippen LogP contribution in [0.5, 0.6) is 0 Å². The average Bonchev–Trinajstić information content (AvgIpc) is 3.28. The van der Waals surface area contributed by atoms with Crippen LogP contribution in [0.15, 0.2) is 80.4 Å². The van der Waals surface area contributed by atoms with Crippen molar-refractivity contribution in [3.8, 4) is 0 Å². The SMILES string of the molecule is CC[N+]1=C(SC)S/C(=C\C=C2/Sc3ccccc3N2C)C1=O.Cc1ccc(S(=O)(=O)[O-])cc1. The van der Waals surface area contributed by atoms with Gasteiger partial charge in [-0.1, -0.05) is 53.4 Å². The zero-order valence-corrected chi connectivity index (χ0v) is 21.9. The lowest BCUT2D eigenvalue weighted by Gasteiger charge is -2.12. The third-order valence-electron chi connectivity index (χ3n) is 4.82. The van der Waals surface area contributed by atoms with Gasteiger partial charge in [-0.2, -0.15) is 0 Å². The molecule has 0 unspecified atom stereocenters. The molecular formula is C23H24N2O4S4. The fraction of sp³-hybridized carbons (Fsp3) is 0.217. The van der Waals surface area contributed by atoms with Gasteiger partial charge >= 0.3 is 5.91 Å². The van der Waals surface area contributed by atoms with E-state index in [1.165, 1.54) is 22.7 Å². The molecular weight excluding hydrogens is 497 g/mol. The third kappa shape index (κ3) is 6.13. The molecule has 0 saturated heterocycles. The van der Waals surface area contributed by atoms with Gasteiger partial charge in [0.05, 0.1) is 15.6 Å². The maximum atomic E-state index is 12.4. The molecule has 174 valence electrons. The van der Waals surface area contributed by atoms with Gasteiger partial charge in [0.2, 0.25) is 0 Å². The van der Waals surface area contributed by atoms with E-state index < -0.39 is 10.1 Å². The van der Waals surface area contributed by atoms with Crippen LogP contribution >= 0.6 is 35.3 Å². The molecule has 0 radical (unpaired) electrons. The Kier molecular flexibility index (Phi) is 8.52. The van der Waals surface area contributed by atoms with Crippen LogP contribution in [-0.4, -0.2) is 47.7 Å². The van der Waals surface area contributed by atoms with E-state index in [4.69, 9.17) is 0 Å². The average molecular weight is 521 g/mol. The van der Waals surface area contributed by atoms with Crippen LogP contribution in [0.1, 0.15) is 12.5 Å². The summed E-state index contributed by atoms with van der Waals surface area (Å²) in [7, 11) is -2.21. The van der Waals surface area contributed by atoms with Gasteiger partial charge in [-0.3, -0.25) is 0 Å². The Labute approximate surface area is 207 Å². The standard InChI is InChI=1S/C16H17N2OS3.C7H8O3S/c1-4-18-15(19)13(22-16(18)20-3)9-10-14-17(2)11-7-5-6-8-12(11)21-14;1-6-2-4-7(5-3-6)11(8,9)10/h5-10H,4H2,1-3H3;2-5H,1H3,(H,8,9,10)/q+1;/p-1/b13-9-,14-10-;. The van der Waals surface area contributed by atoms with Crippen molar-refractivity contribution in [1.29, 1.82) is 0 Å². The van der Waals surface area contributed by atoms with E-state index in [-0.39, 0.29) is 10.8 Å². The fourth-order valence-corrected chi connectivity index (χ4v) is 6.46. The van der Waals surface area contributed by atoms with Gasteiger partial charge in [-0.15, -0.1) is 4.58 Å². The number of amides is 1. The summed E-state index contributed by atoms with van der Waals surface area (Å²) in [4.78, 5) is 16.4. The van der Waals surface area contributed by atoms with Gasteiger partial charge in [0.25, 0.3) is 4.38 Å². The molecule has 2 aromatic rings. The number of allylic oxidation sites excluding steroid dienone is 2. The van der Waals surface area contributed by atoms with Crippen LogP contribution in [0.3, 0.4) is 0 Å². The number of fused-ring (bicyclic) bond motifs is 1. The van der Waals surface area contributed by atoms with Gasteiger partial charge < -0.3 is 9.45 Å². The molecule has 0 spiro atoms. The van der Waals surface area contributed by atoms with Gasteiger partial charge in [0.1, 0.15) is 15.0 Å². The molecule has 0 fully saturated rings. The molecule has 2 aliphatic heterocycles. The molecule has 0 bridgehead atoms. The summed E-state index contributed by atoms with van der Waals surface area (Å²) in [6.07, 6.45) is 6.00. The molecule has 6 nitrogen and oxygen atoms in total. The summed E-state index contributed by atoms with van der Waals surface area (Å²) in [5, 5.41) is 1.14. The molecule has 33 heavy (non-hydrogen) atoms. The minimum absolute atomic E-state index is 0.108. The van der Waals surface area contributed by atoms with Crippen LogP contribution in [0.2, 0.25) is 0 Å². The molecule has 2 aromatic carbocycles. The highest BCUT2D eigenvalue weighted by Gasteiger charge is 2.36. The first-order chi connectivity index (χ1) is 15.7. The van der Waals surface area contributed by atoms with Gasteiger partial charge in [0, 0.05) is 11.9 Å². The second-order valence-corrected chi connectivity index (χ2v) is 11.6. The van der Waals surface area contributed by atoms with Crippen molar-refractivity contribution in [2.75, 3.05) is 24.7 Å². The van der Waals surface area contributed by atoms with E-state index >= 15 is 0 Å². The lowest BCUT2D eigenvalue weighted by Crippen LogP contribution is -2.18. The zero-order chi connectivity index (χ0) is 24.2. The summed E-state index contributed by atoms with van der Waals surface area (Å²) in [5.41, 5.74) is 2.14. The molecule has 0 aromatic heterocycles. The second kappa shape index (κ2) is 11.0. The minimum atomic E-state index is -4.27. The number of rotatable bonds is 3. The van der Waals surface area contributed by atoms with Crippen molar-refractivity contribution in [1.82, 2.24) is 0 Å². The molecule has 2 aliphatic rings. The van der Waals surface area contributed by atoms with Crippen molar-refractivity contribution in [3.63, 3.8) is 0 Å². The van der Waals surface area contributed by atoms with Crippen LogP contribution in [0, 0.1) is 6.92 Å². The molecule has 0 aliphatic carbocycles. The van der Waals surface area contributed by atoms with Crippen molar-refractivity contribution in [2.24, 2.45) is 0 Å². The van der Waals surface area contributed by atoms with E-state index in [9.17, 15) is 17.8 Å². The number of para-hydroxylation sites is 1. The van der Waals surface area contributed by atoms with Gasteiger partial charge in [-0.25, -0.2) is 13.2 Å². The topological polar surface area (TPSA) is 80.5 Å². The highest BCUT2D eigenvalue weighted by molar-refractivity contribution is 8.40. The highest BCUT2D eigenvalue weighted by Crippen LogP contribution is 2.44. The van der Waals surface area contributed by atoms with Crippen LogP contribution in [-0.2, 0) is 14.9 Å². The number of aryl methyl sites for hydroxylation is 1. The number of benzene rings is 2. The first kappa shape index (κ1) is 25.6. The Hall–Kier alpha value is -1.98. The molecule has 4 rings (SSSR count). The Morgan fingerprint density at radius 2 is 1.76 bits per heavy atom. The zero-order valence-electron chi connectivity index (χ0n) is 18.6. The highest BCUT2D eigenvalue weighted by atomic mass is 32.2. The van der Waals surface area contributed by atoms with E-state index in [0.717, 1.165) is 26.4 Å². The van der Waals surface area contributed by atoms with Crippen molar-refractivity contribution in [2.45, 2.75) is 23.6 Å². The van der Waals surface area contributed by atoms with Crippen LogP contribution < -0.4 is 4.90 Å². The Morgan fingerprint density at radius 1 is 1.09 bits per heavy atom. The van der Waals surface area contributed by atoms with E-state index in [1.807, 2.05) is 42.9 Å². The van der Waals surface area contributed by atoms with Crippen molar-refractivity contribution < 1.29 is 22.3 Å². The summed E-state index contributed by atoms with van der Waals surface area (Å²) in [5.74, 6) is 0.108. The molecule has 1 amide bonds. The van der Waals surface area contributed by atoms with Crippen molar-refractivity contribution >= 4 is 61.4 Å². The quantitative estimate of drug-likeness (QED) is 0.322.